The summed E-state index contributed by atoms with van der Waals surface area (Å²) in [5, 5.41) is 6.16. The second-order valence-electron chi connectivity index (χ2n) is 8.49. The van der Waals surface area contributed by atoms with Crippen molar-refractivity contribution in [3.8, 4) is 17.2 Å². The van der Waals surface area contributed by atoms with Crippen LogP contribution in [-0.2, 0) is 19.1 Å². The van der Waals surface area contributed by atoms with Gasteiger partial charge in [-0.25, -0.2) is 9.97 Å². The third kappa shape index (κ3) is 5.18. The number of nitrogens with one attached hydrogen (secondary N) is 2. The molecule has 2 aliphatic rings. The predicted molar refractivity (Wildman–Crippen MR) is 121 cm³/mol. The number of alkyl halides is 3. The Kier molecular flexibility index (Phi) is 6.42. The molecule has 1 aromatic carbocycles. The maximum atomic E-state index is 13.6. The van der Waals surface area contributed by atoms with Crippen molar-refractivity contribution in [3.05, 3.63) is 53.4 Å². The van der Waals surface area contributed by atoms with E-state index in [0.29, 0.717) is 31.0 Å². The van der Waals surface area contributed by atoms with Gasteiger partial charge in [0.2, 0.25) is 5.95 Å². The number of fused-ring (bicyclic) bond motifs is 1. The van der Waals surface area contributed by atoms with Gasteiger partial charge >= 0.3 is 6.18 Å². The van der Waals surface area contributed by atoms with Crippen LogP contribution in [0.4, 0.5) is 24.8 Å². The summed E-state index contributed by atoms with van der Waals surface area (Å²) in [4.78, 5) is 10.4. The van der Waals surface area contributed by atoms with Crippen LogP contribution >= 0.6 is 0 Å². The van der Waals surface area contributed by atoms with Crippen LogP contribution in [0.3, 0.4) is 0 Å². The lowest BCUT2D eigenvalue weighted by Crippen LogP contribution is -2.25. The van der Waals surface area contributed by atoms with Gasteiger partial charge in [-0.05, 0) is 56.3 Å². The quantitative estimate of drug-likeness (QED) is 0.519. The maximum Gasteiger partial charge on any atom is 0.420 e. The second kappa shape index (κ2) is 9.63. The number of hydrogen-bond acceptors (Lipinski definition) is 7. The molecule has 1 saturated heterocycles. The van der Waals surface area contributed by atoms with Crippen molar-refractivity contribution in [2.45, 2.75) is 32.0 Å². The summed E-state index contributed by atoms with van der Waals surface area (Å²) in [6.07, 6.45) is -0.700. The molecule has 2 N–H and O–H groups in total. The molecule has 34 heavy (non-hydrogen) atoms. The Morgan fingerprint density at radius 1 is 1.15 bits per heavy atom. The highest BCUT2D eigenvalue weighted by molar-refractivity contribution is 5.63. The molecule has 0 spiro atoms. The minimum atomic E-state index is -4.60. The highest BCUT2D eigenvalue weighted by Crippen LogP contribution is 2.38. The maximum absolute atomic E-state index is 13.6. The molecule has 10 heteroatoms. The Morgan fingerprint density at radius 3 is 2.68 bits per heavy atom. The van der Waals surface area contributed by atoms with E-state index in [4.69, 9.17) is 9.15 Å². The fourth-order valence-corrected chi connectivity index (χ4v) is 4.27. The number of anilines is 2. The van der Waals surface area contributed by atoms with E-state index in [9.17, 15) is 13.2 Å². The molecular weight excluding hydrogens is 447 g/mol. The Hall–Kier alpha value is -3.11. The van der Waals surface area contributed by atoms with Crippen LogP contribution in [0.25, 0.3) is 11.5 Å². The normalized spacial score (nSPS) is 16.4. The molecule has 0 atom stereocenters. The van der Waals surface area contributed by atoms with E-state index in [1.165, 1.54) is 12.8 Å². The van der Waals surface area contributed by atoms with E-state index in [0.717, 1.165) is 43.7 Å². The zero-order valence-electron chi connectivity index (χ0n) is 18.6. The number of halogens is 3. The number of aromatic nitrogens is 2. The van der Waals surface area contributed by atoms with Crippen molar-refractivity contribution in [1.82, 2.24) is 20.2 Å². The third-order valence-corrected chi connectivity index (χ3v) is 6.05. The van der Waals surface area contributed by atoms with Gasteiger partial charge < -0.3 is 19.8 Å². The largest absolute Gasteiger partial charge is 0.492 e. The molecule has 180 valence electrons. The Balaban J connectivity index is 1.31. The SMILES string of the molecule is FC(F)(F)c1cnc(Nc2ccc(OCCN3CCCC3)cc2)nc1-c1cc2c(o1)CCNC2. The molecule has 7 nitrogen and oxygen atoms in total. The molecule has 2 aromatic heterocycles. The van der Waals surface area contributed by atoms with Crippen molar-refractivity contribution < 1.29 is 22.3 Å². The van der Waals surface area contributed by atoms with Crippen molar-refractivity contribution in [3.63, 3.8) is 0 Å². The van der Waals surface area contributed by atoms with Crippen LogP contribution < -0.4 is 15.4 Å². The molecule has 0 bridgehead atoms. The first-order valence-corrected chi connectivity index (χ1v) is 11.4. The van der Waals surface area contributed by atoms with Gasteiger partial charge in [-0.1, -0.05) is 0 Å². The lowest BCUT2D eigenvalue weighted by atomic mass is 10.1. The van der Waals surface area contributed by atoms with Crippen molar-refractivity contribution in [2.75, 3.05) is 38.1 Å². The molecule has 0 saturated carbocycles. The molecule has 0 amide bonds. The Labute approximate surface area is 195 Å². The van der Waals surface area contributed by atoms with Crippen LogP contribution in [0.2, 0.25) is 0 Å². The van der Waals surface area contributed by atoms with E-state index in [1.54, 1.807) is 18.2 Å². The van der Waals surface area contributed by atoms with Crippen LogP contribution in [0.1, 0.15) is 29.7 Å². The van der Waals surface area contributed by atoms with Gasteiger partial charge in [-0.3, -0.25) is 4.90 Å². The number of likely N-dealkylation sites (tertiary alicyclic amines) is 1. The van der Waals surface area contributed by atoms with Gasteiger partial charge in [0.15, 0.2) is 5.76 Å². The topological polar surface area (TPSA) is 75.5 Å². The predicted octanol–water partition coefficient (Wildman–Crippen LogP) is 4.62. The fourth-order valence-electron chi connectivity index (χ4n) is 4.27. The van der Waals surface area contributed by atoms with Crippen LogP contribution in [-0.4, -0.2) is 47.7 Å². The molecule has 5 rings (SSSR count). The summed E-state index contributed by atoms with van der Waals surface area (Å²) < 4.78 is 52.5. The summed E-state index contributed by atoms with van der Waals surface area (Å²) in [7, 11) is 0. The summed E-state index contributed by atoms with van der Waals surface area (Å²) in [6.45, 7) is 5.04. The summed E-state index contributed by atoms with van der Waals surface area (Å²) in [5.74, 6) is 1.57. The van der Waals surface area contributed by atoms with Gasteiger partial charge in [0.25, 0.3) is 0 Å². The average molecular weight is 473 g/mol. The number of ether oxygens (including phenoxy) is 1. The molecular formula is C24H26F3N5O2. The molecule has 1 fully saturated rings. The lowest BCUT2D eigenvalue weighted by molar-refractivity contribution is -0.137. The third-order valence-electron chi connectivity index (χ3n) is 6.05. The number of benzene rings is 1. The lowest BCUT2D eigenvalue weighted by Gasteiger charge is -2.15. The second-order valence-corrected chi connectivity index (χ2v) is 8.49. The highest BCUT2D eigenvalue weighted by atomic mass is 19.4. The highest BCUT2D eigenvalue weighted by Gasteiger charge is 2.37. The van der Waals surface area contributed by atoms with Gasteiger partial charge in [0, 0.05) is 43.5 Å². The van der Waals surface area contributed by atoms with E-state index in [1.807, 2.05) is 12.1 Å². The first-order valence-electron chi connectivity index (χ1n) is 11.4. The van der Waals surface area contributed by atoms with Crippen LogP contribution in [0.5, 0.6) is 5.75 Å². The smallest absolute Gasteiger partial charge is 0.420 e. The standard InChI is InChI=1S/C24H26F3N5O2/c25-24(26,27)19-15-29-23(31-22(19)21-13-16-14-28-8-7-20(16)34-21)30-17-3-5-18(6-4-17)33-12-11-32-9-1-2-10-32/h3-6,13,15,28H,1-2,7-12,14H2,(H,29,30,31). The van der Waals surface area contributed by atoms with Crippen LogP contribution in [0, 0.1) is 0 Å². The van der Waals surface area contributed by atoms with E-state index >= 15 is 0 Å². The Bertz CT molecular complexity index is 1100. The van der Waals surface area contributed by atoms with Gasteiger partial charge in [0.05, 0.1) is 0 Å². The van der Waals surface area contributed by atoms with Gasteiger partial charge in [0.1, 0.15) is 29.4 Å². The van der Waals surface area contributed by atoms with E-state index in [-0.39, 0.29) is 17.4 Å². The number of nitrogens with zero attached hydrogens (tertiary/aromatic N) is 3. The summed E-state index contributed by atoms with van der Waals surface area (Å²) >= 11 is 0. The zero-order valence-corrected chi connectivity index (χ0v) is 18.6. The number of hydrogen-bond donors (Lipinski definition) is 2. The molecule has 4 heterocycles. The molecule has 0 unspecified atom stereocenters. The first kappa shape index (κ1) is 22.7. The molecule has 2 aliphatic heterocycles. The van der Waals surface area contributed by atoms with E-state index < -0.39 is 11.7 Å². The van der Waals surface area contributed by atoms with Gasteiger partial charge in [-0.2, -0.15) is 13.2 Å². The van der Waals surface area contributed by atoms with Crippen molar-refractivity contribution in [1.29, 1.82) is 0 Å². The minimum absolute atomic E-state index is 0.0539. The number of furan rings is 1. The molecule has 0 aliphatic carbocycles. The molecule has 3 aromatic rings. The number of rotatable bonds is 7. The minimum Gasteiger partial charge on any atom is -0.492 e. The zero-order chi connectivity index (χ0) is 23.5. The monoisotopic (exact) mass is 473 g/mol. The summed E-state index contributed by atoms with van der Waals surface area (Å²) in [5.41, 5.74) is 0.281. The Morgan fingerprint density at radius 2 is 1.94 bits per heavy atom. The molecule has 0 radical (unpaired) electrons. The van der Waals surface area contributed by atoms with E-state index in [2.05, 4.69) is 25.5 Å². The van der Waals surface area contributed by atoms with Crippen molar-refractivity contribution >= 4 is 11.6 Å². The van der Waals surface area contributed by atoms with Crippen LogP contribution in [0.15, 0.2) is 40.9 Å². The van der Waals surface area contributed by atoms with Gasteiger partial charge in [-0.15, -0.1) is 0 Å². The van der Waals surface area contributed by atoms with Crippen molar-refractivity contribution in [2.24, 2.45) is 0 Å². The first-order chi connectivity index (χ1) is 16.5. The summed E-state index contributed by atoms with van der Waals surface area (Å²) in [6, 6.07) is 8.80. The fraction of sp³-hybridized carbons (Fsp3) is 0.417. The average Bonchev–Trinajstić information content (AvgIpc) is 3.49.